The van der Waals surface area contributed by atoms with Gasteiger partial charge in [0.05, 0.1) is 29.8 Å². The fourth-order valence-electron chi connectivity index (χ4n) is 4.99. The van der Waals surface area contributed by atoms with Crippen molar-refractivity contribution in [1.29, 1.82) is 0 Å². The third-order valence-corrected chi connectivity index (χ3v) is 10.1. The fraction of sp³-hybridized carbons (Fsp3) is 0.393. The first kappa shape index (κ1) is 28.2. The maximum absolute atomic E-state index is 13.8. The summed E-state index contributed by atoms with van der Waals surface area (Å²) in [5.74, 6) is 0.616. The Morgan fingerprint density at radius 2 is 1.93 bits per heavy atom. The molecule has 4 N–H and O–H groups in total. The number of carbonyl (C=O) groups is 1. The molecule has 1 saturated heterocycles. The molecular formula is C28H33F2N5O4S. The van der Waals surface area contributed by atoms with Gasteiger partial charge in [0.25, 0.3) is 0 Å². The second-order valence-corrected chi connectivity index (χ2v) is 12.5. The number of anilines is 2. The summed E-state index contributed by atoms with van der Waals surface area (Å²) in [6.07, 6.45) is 1.02. The van der Waals surface area contributed by atoms with E-state index in [4.69, 9.17) is 14.7 Å². The number of ether oxygens (including phenoxy) is 1. The number of aryl methyl sites for hydroxylation is 1. The molecule has 1 atom stereocenters. The standard InChI is InChI=1S/C28H33F2N5O4S/c1-18-15-21(30)5-8-23(18)40(37,38)28(9-10-28)24-16-25(35-13-14-39-17-19(35)2)34-26(33-24)20-3-6-22(7-4-20)32-27(36)31-12-11-29/h3-8,15-16,19,37-38H,9-14,17H2,1-2H3,(H2,31,32,36)/t19-/m0/s1. The lowest BCUT2D eigenvalue weighted by molar-refractivity contribution is 0.0985. The molecule has 0 radical (unpaired) electrons. The van der Waals surface area contributed by atoms with Crippen molar-refractivity contribution in [3.63, 3.8) is 0 Å². The quantitative estimate of drug-likeness (QED) is 0.273. The van der Waals surface area contributed by atoms with E-state index >= 15 is 0 Å². The third kappa shape index (κ3) is 5.49. The first-order valence-electron chi connectivity index (χ1n) is 13.1. The van der Waals surface area contributed by atoms with Crippen LogP contribution in [0.15, 0.2) is 53.4 Å². The highest BCUT2D eigenvalue weighted by molar-refractivity contribution is 8.25. The number of hydrogen-bond donors (Lipinski definition) is 4. The van der Waals surface area contributed by atoms with Crippen LogP contribution in [0.4, 0.5) is 25.1 Å². The third-order valence-electron chi connectivity index (χ3n) is 7.31. The van der Waals surface area contributed by atoms with Crippen LogP contribution >= 0.6 is 10.6 Å². The highest BCUT2D eigenvalue weighted by Crippen LogP contribution is 2.75. The number of nitrogens with zero attached hydrogens (tertiary/aromatic N) is 3. The second kappa shape index (κ2) is 11.3. The minimum atomic E-state index is -3.40. The minimum absolute atomic E-state index is 0.0496. The predicted octanol–water partition coefficient (Wildman–Crippen LogP) is 5.71. The lowest BCUT2D eigenvalue weighted by Crippen LogP contribution is -2.44. The van der Waals surface area contributed by atoms with Gasteiger partial charge in [-0.3, -0.25) is 9.11 Å². The van der Waals surface area contributed by atoms with Gasteiger partial charge < -0.3 is 20.3 Å². The van der Waals surface area contributed by atoms with Crippen LogP contribution in [0.2, 0.25) is 0 Å². The molecule has 0 unspecified atom stereocenters. The van der Waals surface area contributed by atoms with Crippen molar-refractivity contribution in [1.82, 2.24) is 15.3 Å². The van der Waals surface area contributed by atoms with Gasteiger partial charge in [0.15, 0.2) is 5.82 Å². The summed E-state index contributed by atoms with van der Waals surface area (Å²) >= 11 is 0. The monoisotopic (exact) mass is 573 g/mol. The van der Waals surface area contributed by atoms with E-state index in [1.54, 1.807) is 31.2 Å². The zero-order valence-electron chi connectivity index (χ0n) is 22.4. The van der Waals surface area contributed by atoms with Gasteiger partial charge in [-0.15, -0.1) is 0 Å². The van der Waals surface area contributed by atoms with Crippen molar-refractivity contribution < 1.29 is 27.4 Å². The van der Waals surface area contributed by atoms with Crippen molar-refractivity contribution in [3.8, 4) is 11.4 Å². The number of halogens is 2. The van der Waals surface area contributed by atoms with E-state index in [0.717, 1.165) is 0 Å². The average Bonchev–Trinajstić information content (AvgIpc) is 3.75. The summed E-state index contributed by atoms with van der Waals surface area (Å²) in [6, 6.07) is 12.3. The molecule has 40 heavy (non-hydrogen) atoms. The van der Waals surface area contributed by atoms with Crippen LogP contribution in [0, 0.1) is 12.7 Å². The van der Waals surface area contributed by atoms with E-state index in [0.29, 0.717) is 71.6 Å². The number of urea groups is 1. The molecule has 2 fully saturated rings. The Morgan fingerprint density at radius 1 is 1.18 bits per heavy atom. The molecule has 2 amide bonds. The number of alkyl halides is 1. The minimum Gasteiger partial charge on any atom is -0.377 e. The molecule has 1 saturated carbocycles. The van der Waals surface area contributed by atoms with Gasteiger partial charge in [-0.05, 0) is 74.7 Å². The zero-order chi connectivity index (χ0) is 28.5. The van der Waals surface area contributed by atoms with E-state index in [-0.39, 0.29) is 12.6 Å². The van der Waals surface area contributed by atoms with Crippen molar-refractivity contribution >= 4 is 28.1 Å². The Hall–Kier alpha value is -3.32. The Kier molecular flexibility index (Phi) is 7.96. The van der Waals surface area contributed by atoms with Gasteiger partial charge >= 0.3 is 6.03 Å². The molecule has 1 aromatic heterocycles. The Balaban J connectivity index is 1.54. The fourth-order valence-corrected chi connectivity index (χ4v) is 7.25. The number of nitrogens with one attached hydrogen (secondary N) is 2. The number of amides is 2. The van der Waals surface area contributed by atoms with Crippen LogP contribution < -0.4 is 15.5 Å². The molecule has 5 rings (SSSR count). The molecule has 2 aromatic carbocycles. The van der Waals surface area contributed by atoms with Crippen LogP contribution in [0.5, 0.6) is 0 Å². The smallest absolute Gasteiger partial charge is 0.319 e. The van der Waals surface area contributed by atoms with Crippen molar-refractivity contribution in [2.24, 2.45) is 0 Å². The first-order valence-corrected chi connectivity index (χ1v) is 14.7. The maximum Gasteiger partial charge on any atom is 0.319 e. The summed E-state index contributed by atoms with van der Waals surface area (Å²) in [5.41, 5.74) is 2.17. The average molecular weight is 574 g/mol. The molecule has 0 bridgehead atoms. The maximum atomic E-state index is 13.8. The molecule has 2 aliphatic rings. The first-order chi connectivity index (χ1) is 19.1. The van der Waals surface area contributed by atoms with Gasteiger partial charge in [-0.1, -0.05) is 0 Å². The number of rotatable bonds is 8. The van der Waals surface area contributed by atoms with Gasteiger partial charge in [0, 0.05) is 30.4 Å². The highest BCUT2D eigenvalue weighted by atomic mass is 32.3. The van der Waals surface area contributed by atoms with Crippen LogP contribution in [-0.4, -0.2) is 64.1 Å². The number of hydrogen-bond acceptors (Lipinski definition) is 7. The molecule has 0 spiro atoms. The predicted molar refractivity (Wildman–Crippen MR) is 151 cm³/mol. The zero-order valence-corrected chi connectivity index (χ0v) is 23.2. The number of aromatic nitrogens is 2. The summed E-state index contributed by atoms with van der Waals surface area (Å²) in [5, 5.41) is 5.06. The lowest BCUT2D eigenvalue weighted by atomic mass is 10.1. The Morgan fingerprint density at radius 3 is 2.58 bits per heavy atom. The van der Waals surface area contributed by atoms with Crippen molar-refractivity contribution in [2.75, 3.05) is 43.2 Å². The van der Waals surface area contributed by atoms with Crippen LogP contribution in [-0.2, 0) is 9.48 Å². The number of carbonyl (C=O) groups excluding carboxylic acids is 1. The summed E-state index contributed by atoms with van der Waals surface area (Å²) in [4.78, 5) is 24.0. The molecule has 3 aromatic rings. The lowest BCUT2D eigenvalue weighted by Gasteiger charge is -2.42. The van der Waals surface area contributed by atoms with E-state index < -0.39 is 33.9 Å². The number of morpholine rings is 1. The molecule has 12 heteroatoms. The van der Waals surface area contributed by atoms with Gasteiger partial charge in [0.2, 0.25) is 0 Å². The largest absolute Gasteiger partial charge is 0.377 e. The van der Waals surface area contributed by atoms with Crippen molar-refractivity contribution in [2.45, 2.75) is 42.4 Å². The normalized spacial score (nSPS) is 18.8. The van der Waals surface area contributed by atoms with E-state index in [9.17, 15) is 22.7 Å². The number of benzene rings is 2. The van der Waals surface area contributed by atoms with Gasteiger partial charge in [-0.2, -0.15) is 10.6 Å². The molecule has 9 nitrogen and oxygen atoms in total. The van der Waals surface area contributed by atoms with Gasteiger partial charge in [-0.25, -0.2) is 23.5 Å². The van der Waals surface area contributed by atoms with Crippen LogP contribution in [0.3, 0.4) is 0 Å². The van der Waals surface area contributed by atoms with Crippen LogP contribution in [0.1, 0.15) is 31.0 Å². The second-order valence-electron chi connectivity index (χ2n) is 10.2. The Labute approximate surface area is 233 Å². The summed E-state index contributed by atoms with van der Waals surface area (Å²) in [6.45, 7) is 4.67. The van der Waals surface area contributed by atoms with E-state index in [1.165, 1.54) is 18.2 Å². The SMILES string of the molecule is Cc1cc(F)ccc1S(O)(O)C1(c2cc(N3CCOC[C@@H]3C)nc(-c3ccc(NC(=O)NCCF)cc3)n2)CC1. The molecule has 1 aliphatic carbocycles. The summed E-state index contributed by atoms with van der Waals surface area (Å²) in [7, 11) is -3.40. The highest BCUT2D eigenvalue weighted by Gasteiger charge is 2.58. The Bertz CT molecular complexity index is 1390. The van der Waals surface area contributed by atoms with E-state index in [2.05, 4.69) is 15.5 Å². The molecule has 1 aliphatic heterocycles. The molecular weight excluding hydrogens is 540 g/mol. The van der Waals surface area contributed by atoms with Gasteiger partial charge in [0.1, 0.15) is 23.1 Å². The van der Waals surface area contributed by atoms with Crippen molar-refractivity contribution in [3.05, 3.63) is 65.6 Å². The van der Waals surface area contributed by atoms with E-state index in [1.807, 2.05) is 13.0 Å². The summed E-state index contributed by atoms with van der Waals surface area (Å²) < 4.78 is 54.1. The molecule has 2 heterocycles. The molecule has 214 valence electrons. The topological polar surface area (TPSA) is 120 Å². The van der Waals surface area contributed by atoms with Crippen LogP contribution in [0.25, 0.3) is 11.4 Å².